The summed E-state index contributed by atoms with van der Waals surface area (Å²) in [6.45, 7) is 12.1. The minimum atomic E-state index is -0.663. The maximum atomic E-state index is 10.2. The molecule has 0 aliphatic rings. The van der Waals surface area contributed by atoms with Crippen molar-refractivity contribution < 1.29 is 5.11 Å². The molecule has 4 heteroatoms. The monoisotopic (exact) mass is 262 g/mol. The molecule has 0 aromatic rings. The average molecular weight is 262 g/mol. The Bertz CT molecular complexity index is 212. The van der Waals surface area contributed by atoms with Crippen LogP contribution in [0.5, 0.6) is 0 Å². The molecule has 0 amide bonds. The molecule has 0 saturated heterocycles. The molecule has 2 N–H and O–H groups in total. The maximum Gasteiger partial charge on any atom is 0.0869 e. The van der Waals surface area contributed by atoms with E-state index < -0.39 is 5.60 Å². The van der Waals surface area contributed by atoms with Crippen molar-refractivity contribution in [3.05, 3.63) is 0 Å². The zero-order valence-corrected chi connectivity index (χ0v) is 13.3. The average Bonchev–Trinajstić information content (AvgIpc) is 2.08. The first-order chi connectivity index (χ1) is 7.52. The van der Waals surface area contributed by atoms with Crippen LogP contribution in [0.3, 0.4) is 0 Å². The lowest BCUT2D eigenvalue weighted by Crippen LogP contribution is -2.48. The number of hydrogen-bond donors (Lipinski definition) is 2. The summed E-state index contributed by atoms with van der Waals surface area (Å²) in [5, 5.41) is 13.6. The molecule has 2 unspecified atom stereocenters. The van der Waals surface area contributed by atoms with Crippen LogP contribution < -0.4 is 5.32 Å². The van der Waals surface area contributed by atoms with Crippen LogP contribution in [0, 0.1) is 0 Å². The maximum absolute atomic E-state index is 10.2. The molecule has 0 radical (unpaired) electrons. The van der Waals surface area contributed by atoms with Gasteiger partial charge in [0, 0.05) is 29.6 Å². The van der Waals surface area contributed by atoms with E-state index in [0.29, 0.717) is 23.9 Å². The van der Waals surface area contributed by atoms with E-state index >= 15 is 0 Å². The van der Waals surface area contributed by atoms with Gasteiger partial charge in [-0.3, -0.25) is 0 Å². The summed E-state index contributed by atoms with van der Waals surface area (Å²) >= 11 is 1.95. The molecule has 0 spiro atoms. The van der Waals surface area contributed by atoms with Gasteiger partial charge in [-0.1, -0.05) is 20.8 Å². The van der Waals surface area contributed by atoms with Gasteiger partial charge in [-0.25, -0.2) is 0 Å². The van der Waals surface area contributed by atoms with Crippen molar-refractivity contribution in [1.29, 1.82) is 0 Å². The highest BCUT2D eigenvalue weighted by Crippen LogP contribution is 2.23. The highest BCUT2D eigenvalue weighted by atomic mass is 32.2. The quantitative estimate of drug-likeness (QED) is 0.733. The van der Waals surface area contributed by atoms with Crippen LogP contribution in [0.4, 0.5) is 0 Å². The van der Waals surface area contributed by atoms with Crippen molar-refractivity contribution in [3.8, 4) is 0 Å². The number of nitrogens with one attached hydrogen (secondary N) is 1. The Labute approximate surface area is 111 Å². The van der Waals surface area contributed by atoms with Gasteiger partial charge in [0.05, 0.1) is 5.60 Å². The van der Waals surface area contributed by atoms with Gasteiger partial charge in [0.2, 0.25) is 0 Å². The lowest BCUT2D eigenvalue weighted by atomic mass is 10.1. The van der Waals surface area contributed by atoms with Crippen LogP contribution in [0.2, 0.25) is 0 Å². The van der Waals surface area contributed by atoms with Gasteiger partial charge in [-0.15, -0.1) is 0 Å². The first-order valence-electron chi connectivity index (χ1n) is 6.26. The van der Waals surface area contributed by atoms with Gasteiger partial charge in [0.15, 0.2) is 0 Å². The topological polar surface area (TPSA) is 35.5 Å². The van der Waals surface area contributed by atoms with Crippen LogP contribution in [0.15, 0.2) is 0 Å². The Kier molecular flexibility index (Phi) is 7.07. The molecule has 0 saturated carbocycles. The lowest BCUT2D eigenvalue weighted by Gasteiger charge is -2.29. The third-order valence-corrected chi connectivity index (χ3v) is 3.79. The third-order valence-electron chi connectivity index (χ3n) is 2.25. The fraction of sp³-hybridized carbons (Fsp3) is 1.00. The predicted molar refractivity (Wildman–Crippen MR) is 78.9 cm³/mol. The van der Waals surface area contributed by atoms with Crippen LogP contribution in [-0.4, -0.2) is 59.3 Å². The number of thioether (sulfide) groups is 1. The molecule has 0 aliphatic carbocycles. The summed E-state index contributed by atoms with van der Waals surface area (Å²) in [5.74, 6) is 1.07. The molecular weight excluding hydrogens is 232 g/mol. The van der Waals surface area contributed by atoms with E-state index in [4.69, 9.17) is 0 Å². The second-order valence-corrected chi connectivity index (χ2v) is 8.29. The molecule has 0 aromatic heterocycles. The first-order valence-corrected chi connectivity index (χ1v) is 7.25. The van der Waals surface area contributed by atoms with Gasteiger partial charge >= 0.3 is 0 Å². The van der Waals surface area contributed by atoms with Gasteiger partial charge < -0.3 is 15.3 Å². The van der Waals surface area contributed by atoms with Crippen molar-refractivity contribution in [3.63, 3.8) is 0 Å². The van der Waals surface area contributed by atoms with Gasteiger partial charge in [-0.05, 0) is 27.9 Å². The van der Waals surface area contributed by atoms with Crippen molar-refractivity contribution in [1.82, 2.24) is 10.2 Å². The predicted octanol–water partition coefficient (Wildman–Crippen LogP) is 1.81. The zero-order valence-electron chi connectivity index (χ0n) is 12.5. The summed E-state index contributed by atoms with van der Waals surface area (Å²) < 4.78 is 0.308. The number of likely N-dealkylation sites (N-methyl/N-ethyl adjacent to an activating group) is 1. The van der Waals surface area contributed by atoms with E-state index in [1.54, 1.807) is 0 Å². The Morgan fingerprint density at radius 1 is 1.24 bits per heavy atom. The van der Waals surface area contributed by atoms with Crippen molar-refractivity contribution >= 4 is 11.8 Å². The van der Waals surface area contributed by atoms with Crippen LogP contribution in [0.1, 0.15) is 34.6 Å². The normalized spacial score (nSPS) is 18.2. The summed E-state index contributed by atoms with van der Waals surface area (Å²) in [6, 6.07) is 0.424. The Hall–Kier alpha value is 0.230. The molecule has 0 heterocycles. The largest absolute Gasteiger partial charge is 0.388 e. The SMILES string of the molecule is CC(CSC(C)(C)C)NCC(C)(O)CN(C)C. The molecule has 0 rings (SSSR count). The second-order valence-electron chi connectivity index (χ2n) is 6.44. The fourth-order valence-electron chi connectivity index (χ4n) is 1.57. The summed E-state index contributed by atoms with van der Waals surface area (Å²) in [7, 11) is 3.96. The van der Waals surface area contributed by atoms with Crippen molar-refractivity contribution in [2.75, 3.05) is 32.9 Å². The third kappa shape index (κ3) is 11.1. The highest BCUT2D eigenvalue weighted by molar-refractivity contribution is 8.00. The van der Waals surface area contributed by atoms with E-state index in [1.807, 2.05) is 37.7 Å². The molecule has 104 valence electrons. The van der Waals surface area contributed by atoms with Crippen molar-refractivity contribution in [2.45, 2.75) is 51.0 Å². The molecule has 0 aromatic carbocycles. The number of rotatable bonds is 7. The van der Waals surface area contributed by atoms with Gasteiger partial charge in [0.25, 0.3) is 0 Å². The Balaban J connectivity index is 3.87. The van der Waals surface area contributed by atoms with E-state index in [-0.39, 0.29) is 0 Å². The van der Waals surface area contributed by atoms with Gasteiger partial charge in [-0.2, -0.15) is 11.8 Å². The number of hydrogen-bond acceptors (Lipinski definition) is 4. The summed E-state index contributed by atoms with van der Waals surface area (Å²) in [6.07, 6.45) is 0. The van der Waals surface area contributed by atoms with Crippen molar-refractivity contribution in [2.24, 2.45) is 0 Å². The molecule has 0 aliphatic heterocycles. The second kappa shape index (κ2) is 6.98. The Morgan fingerprint density at radius 3 is 2.18 bits per heavy atom. The molecule has 3 nitrogen and oxygen atoms in total. The van der Waals surface area contributed by atoms with E-state index in [1.165, 1.54) is 0 Å². The first kappa shape index (κ1) is 17.2. The minimum absolute atomic E-state index is 0.308. The fourth-order valence-corrected chi connectivity index (χ4v) is 2.43. The minimum Gasteiger partial charge on any atom is -0.388 e. The zero-order chi connectivity index (χ0) is 13.7. The standard InChI is InChI=1S/C13H30N2OS/c1-11(8-17-12(2,3)4)14-9-13(5,16)10-15(6)7/h11,14,16H,8-10H2,1-7H3. The van der Waals surface area contributed by atoms with Crippen LogP contribution in [0.25, 0.3) is 0 Å². The smallest absolute Gasteiger partial charge is 0.0869 e. The van der Waals surface area contributed by atoms with Gasteiger partial charge in [0.1, 0.15) is 0 Å². The number of nitrogens with zero attached hydrogens (tertiary/aromatic N) is 1. The number of aliphatic hydroxyl groups is 1. The molecule has 0 fully saturated rings. The molecule has 17 heavy (non-hydrogen) atoms. The molecular formula is C13H30N2OS. The van der Waals surface area contributed by atoms with E-state index in [2.05, 4.69) is 33.0 Å². The Morgan fingerprint density at radius 2 is 1.76 bits per heavy atom. The van der Waals surface area contributed by atoms with Crippen LogP contribution >= 0.6 is 11.8 Å². The molecule has 2 atom stereocenters. The molecule has 0 bridgehead atoms. The lowest BCUT2D eigenvalue weighted by molar-refractivity contribution is 0.0323. The van der Waals surface area contributed by atoms with E-state index in [9.17, 15) is 5.11 Å². The van der Waals surface area contributed by atoms with Crippen LogP contribution in [-0.2, 0) is 0 Å². The summed E-state index contributed by atoms with van der Waals surface area (Å²) in [4.78, 5) is 2.01. The summed E-state index contributed by atoms with van der Waals surface area (Å²) in [5.41, 5.74) is -0.663. The highest BCUT2D eigenvalue weighted by Gasteiger charge is 2.22. The van der Waals surface area contributed by atoms with E-state index in [0.717, 1.165) is 5.75 Å².